The van der Waals surface area contributed by atoms with E-state index in [0.29, 0.717) is 11.1 Å². The third kappa shape index (κ3) is 10.9. The van der Waals surface area contributed by atoms with Gasteiger partial charge >= 0.3 is 17.9 Å². The van der Waals surface area contributed by atoms with Crippen LogP contribution in [0, 0.1) is 0 Å². The molecule has 2 aromatic carbocycles. The zero-order valence-electron chi connectivity index (χ0n) is 21.5. The van der Waals surface area contributed by atoms with Gasteiger partial charge in [-0.15, -0.1) is 0 Å². The van der Waals surface area contributed by atoms with Gasteiger partial charge in [-0.25, -0.2) is 4.79 Å². The minimum atomic E-state index is -1.50. The molecule has 13 nitrogen and oxygen atoms in total. The molecule has 2 rings (SSSR count). The standard InChI is InChI=1S/C27H32N4O9/c28-18(15-23(34)35)24(36)29-19(11-12-22(32)33)25(37)30-20(13-16-7-3-1-4-8-16)26(38)31-21(27(39)40)14-17-9-5-2-6-10-17/h1-10,18-21H,11-15,28H2,(H,29,36)(H,30,37)(H,31,38)(H,32,33)(H,34,35)(H,39,40). The Morgan fingerprint density at radius 2 is 1.07 bits per heavy atom. The summed E-state index contributed by atoms with van der Waals surface area (Å²) in [6.07, 6.45) is -1.70. The van der Waals surface area contributed by atoms with Crippen LogP contribution in [-0.2, 0) is 41.6 Å². The van der Waals surface area contributed by atoms with E-state index in [1.807, 2.05) is 0 Å². The second-order valence-electron chi connectivity index (χ2n) is 9.04. The first-order chi connectivity index (χ1) is 19.0. The summed E-state index contributed by atoms with van der Waals surface area (Å²) in [6, 6.07) is 11.6. The first-order valence-corrected chi connectivity index (χ1v) is 12.4. The Bertz CT molecular complexity index is 1190. The van der Waals surface area contributed by atoms with Crippen LogP contribution in [0.5, 0.6) is 0 Å². The van der Waals surface area contributed by atoms with Crippen LogP contribution in [0.2, 0.25) is 0 Å². The van der Waals surface area contributed by atoms with Gasteiger partial charge in [0.2, 0.25) is 17.7 Å². The number of carboxylic acid groups (broad SMARTS) is 3. The normalized spacial score (nSPS) is 13.6. The molecule has 4 atom stereocenters. The second kappa shape index (κ2) is 15.6. The number of benzene rings is 2. The van der Waals surface area contributed by atoms with Gasteiger partial charge in [-0.3, -0.25) is 24.0 Å². The summed E-state index contributed by atoms with van der Waals surface area (Å²) in [5.41, 5.74) is 6.85. The summed E-state index contributed by atoms with van der Waals surface area (Å²) in [7, 11) is 0. The predicted octanol–water partition coefficient (Wildman–Crippen LogP) is -0.322. The molecule has 13 heteroatoms. The molecular formula is C27H32N4O9. The number of carboxylic acids is 3. The number of hydrogen-bond acceptors (Lipinski definition) is 7. The second-order valence-corrected chi connectivity index (χ2v) is 9.04. The molecule has 0 aliphatic rings. The van der Waals surface area contributed by atoms with E-state index in [0.717, 1.165) is 0 Å². The fourth-order valence-electron chi connectivity index (χ4n) is 3.75. The lowest BCUT2D eigenvalue weighted by molar-refractivity contribution is -0.142. The Hall–Kier alpha value is -4.78. The van der Waals surface area contributed by atoms with Crippen molar-refractivity contribution in [3.05, 3.63) is 71.8 Å². The summed E-state index contributed by atoms with van der Waals surface area (Å²) < 4.78 is 0. The number of rotatable bonds is 16. The first kappa shape index (κ1) is 31.4. The summed E-state index contributed by atoms with van der Waals surface area (Å²) in [5.74, 6) is -6.63. The van der Waals surface area contributed by atoms with E-state index < -0.39 is 72.6 Å². The molecule has 0 saturated carbocycles. The molecule has 0 heterocycles. The van der Waals surface area contributed by atoms with Gasteiger partial charge < -0.3 is 37.0 Å². The average Bonchev–Trinajstić information content (AvgIpc) is 2.90. The number of carbonyl (C=O) groups is 6. The molecule has 0 spiro atoms. The largest absolute Gasteiger partial charge is 0.481 e. The maximum absolute atomic E-state index is 13.3. The van der Waals surface area contributed by atoms with Crippen molar-refractivity contribution < 1.29 is 44.1 Å². The number of nitrogens with two attached hydrogens (primary N) is 1. The van der Waals surface area contributed by atoms with Crippen LogP contribution in [-0.4, -0.2) is 75.1 Å². The number of aliphatic carboxylic acids is 3. The molecule has 0 aliphatic carbocycles. The molecule has 0 fully saturated rings. The van der Waals surface area contributed by atoms with E-state index in [1.54, 1.807) is 60.7 Å². The van der Waals surface area contributed by atoms with Crippen LogP contribution in [0.3, 0.4) is 0 Å². The fourth-order valence-corrected chi connectivity index (χ4v) is 3.75. The summed E-state index contributed by atoms with van der Waals surface area (Å²) in [5, 5.41) is 34.8. The molecule has 0 aliphatic heterocycles. The minimum absolute atomic E-state index is 0.0212. The van der Waals surface area contributed by atoms with Gasteiger partial charge in [-0.05, 0) is 17.5 Å². The zero-order valence-corrected chi connectivity index (χ0v) is 21.5. The van der Waals surface area contributed by atoms with Crippen molar-refractivity contribution in [3.63, 3.8) is 0 Å². The van der Waals surface area contributed by atoms with Crippen molar-refractivity contribution >= 4 is 35.6 Å². The van der Waals surface area contributed by atoms with Crippen LogP contribution < -0.4 is 21.7 Å². The summed E-state index contributed by atoms with van der Waals surface area (Å²) in [4.78, 5) is 72.7. The molecule has 4 unspecified atom stereocenters. The first-order valence-electron chi connectivity index (χ1n) is 12.4. The molecule has 0 bridgehead atoms. The number of nitrogens with one attached hydrogen (secondary N) is 3. The lowest BCUT2D eigenvalue weighted by atomic mass is 10.0. The number of hydrogen-bond donors (Lipinski definition) is 7. The van der Waals surface area contributed by atoms with Gasteiger partial charge in [-0.1, -0.05) is 60.7 Å². The third-order valence-electron chi connectivity index (χ3n) is 5.82. The fraction of sp³-hybridized carbons (Fsp3) is 0.333. The monoisotopic (exact) mass is 556 g/mol. The van der Waals surface area contributed by atoms with Crippen LogP contribution in [0.1, 0.15) is 30.4 Å². The van der Waals surface area contributed by atoms with E-state index in [1.165, 1.54) is 0 Å². The molecule has 3 amide bonds. The number of carbonyl (C=O) groups excluding carboxylic acids is 3. The highest BCUT2D eigenvalue weighted by atomic mass is 16.4. The molecule has 0 aromatic heterocycles. The topological polar surface area (TPSA) is 225 Å². The lowest BCUT2D eigenvalue weighted by Crippen LogP contribution is -2.58. The van der Waals surface area contributed by atoms with Gasteiger partial charge in [0.1, 0.15) is 18.1 Å². The van der Waals surface area contributed by atoms with Gasteiger partial charge in [-0.2, -0.15) is 0 Å². The Labute approximate surface area is 229 Å². The average molecular weight is 557 g/mol. The van der Waals surface area contributed by atoms with Crippen LogP contribution in [0.25, 0.3) is 0 Å². The molecule has 2 aromatic rings. The Morgan fingerprint density at radius 3 is 1.55 bits per heavy atom. The molecule has 0 radical (unpaired) electrons. The Balaban J connectivity index is 2.26. The maximum atomic E-state index is 13.3. The Kier molecular flexibility index (Phi) is 12.3. The highest BCUT2D eigenvalue weighted by Crippen LogP contribution is 2.08. The van der Waals surface area contributed by atoms with E-state index >= 15 is 0 Å². The molecule has 0 saturated heterocycles. The van der Waals surface area contributed by atoms with E-state index in [4.69, 9.17) is 15.9 Å². The van der Waals surface area contributed by atoms with Gasteiger partial charge in [0.15, 0.2) is 0 Å². The van der Waals surface area contributed by atoms with E-state index in [9.17, 15) is 33.9 Å². The predicted molar refractivity (Wildman–Crippen MR) is 141 cm³/mol. The van der Waals surface area contributed by atoms with Crippen LogP contribution >= 0.6 is 0 Å². The van der Waals surface area contributed by atoms with Crippen LogP contribution in [0.15, 0.2) is 60.7 Å². The van der Waals surface area contributed by atoms with E-state index in [2.05, 4.69) is 16.0 Å². The van der Waals surface area contributed by atoms with Crippen molar-refractivity contribution in [2.24, 2.45) is 5.73 Å². The van der Waals surface area contributed by atoms with Crippen molar-refractivity contribution in [1.29, 1.82) is 0 Å². The SMILES string of the molecule is NC(CC(=O)O)C(=O)NC(CCC(=O)O)C(=O)NC(Cc1ccccc1)C(=O)NC(Cc1ccccc1)C(=O)O. The van der Waals surface area contributed by atoms with Crippen molar-refractivity contribution in [1.82, 2.24) is 16.0 Å². The smallest absolute Gasteiger partial charge is 0.326 e. The van der Waals surface area contributed by atoms with Gasteiger partial charge in [0.25, 0.3) is 0 Å². The highest BCUT2D eigenvalue weighted by molar-refractivity contribution is 5.95. The third-order valence-corrected chi connectivity index (χ3v) is 5.82. The lowest BCUT2D eigenvalue weighted by Gasteiger charge is -2.25. The quantitative estimate of drug-likeness (QED) is 0.143. The summed E-state index contributed by atoms with van der Waals surface area (Å²) >= 11 is 0. The van der Waals surface area contributed by atoms with Gasteiger partial charge in [0, 0.05) is 19.3 Å². The number of amides is 3. The maximum Gasteiger partial charge on any atom is 0.326 e. The van der Waals surface area contributed by atoms with Gasteiger partial charge in [0.05, 0.1) is 12.5 Å². The molecule has 40 heavy (non-hydrogen) atoms. The van der Waals surface area contributed by atoms with Crippen LogP contribution in [0.4, 0.5) is 0 Å². The highest BCUT2D eigenvalue weighted by Gasteiger charge is 2.31. The summed E-state index contributed by atoms with van der Waals surface area (Å²) in [6.45, 7) is 0. The molecule has 8 N–H and O–H groups in total. The zero-order chi connectivity index (χ0) is 29.7. The van der Waals surface area contributed by atoms with Crippen molar-refractivity contribution in [2.45, 2.75) is 56.3 Å². The minimum Gasteiger partial charge on any atom is -0.481 e. The molecule has 214 valence electrons. The van der Waals surface area contributed by atoms with Crippen molar-refractivity contribution in [3.8, 4) is 0 Å². The Morgan fingerprint density at radius 1 is 0.625 bits per heavy atom. The van der Waals surface area contributed by atoms with Crippen molar-refractivity contribution in [2.75, 3.05) is 0 Å². The molecular weight excluding hydrogens is 524 g/mol. The van der Waals surface area contributed by atoms with E-state index in [-0.39, 0.29) is 19.3 Å².